The number of aryl methyl sites for hydroxylation is 1. The third-order valence-corrected chi connectivity index (χ3v) is 4.57. The van der Waals surface area contributed by atoms with Gasteiger partial charge in [-0.2, -0.15) is 0 Å². The standard InChI is InChI=1S/C17H20N2O3S/c1-13-4-3-5-15(10-13)12-23(21,22)19-16-8-6-14(7-9-16)11-17(20)18-2/h3-10,19H,11-12H2,1-2H3,(H,18,20). The van der Waals surface area contributed by atoms with Crippen LogP contribution in [0.1, 0.15) is 16.7 Å². The molecule has 2 N–H and O–H groups in total. The lowest BCUT2D eigenvalue weighted by Gasteiger charge is -2.09. The van der Waals surface area contributed by atoms with Crippen LogP contribution in [0.5, 0.6) is 0 Å². The second-order valence-corrected chi connectivity index (χ2v) is 7.12. The van der Waals surface area contributed by atoms with Gasteiger partial charge in [0.1, 0.15) is 0 Å². The van der Waals surface area contributed by atoms with Crippen molar-refractivity contribution in [3.05, 3.63) is 65.2 Å². The minimum Gasteiger partial charge on any atom is -0.359 e. The molecule has 0 fully saturated rings. The highest BCUT2D eigenvalue weighted by atomic mass is 32.2. The van der Waals surface area contributed by atoms with Crippen molar-refractivity contribution >= 4 is 21.6 Å². The Labute approximate surface area is 136 Å². The number of likely N-dealkylation sites (N-methyl/N-ethyl adjacent to an activating group) is 1. The zero-order valence-electron chi connectivity index (χ0n) is 13.2. The Morgan fingerprint density at radius 2 is 1.74 bits per heavy atom. The SMILES string of the molecule is CNC(=O)Cc1ccc(NS(=O)(=O)Cc2cccc(C)c2)cc1. The van der Waals surface area contributed by atoms with E-state index in [9.17, 15) is 13.2 Å². The molecule has 122 valence electrons. The van der Waals surface area contributed by atoms with Crippen LogP contribution in [0.4, 0.5) is 5.69 Å². The maximum Gasteiger partial charge on any atom is 0.236 e. The minimum absolute atomic E-state index is 0.0747. The fraction of sp³-hybridized carbons (Fsp3) is 0.235. The number of amides is 1. The van der Waals surface area contributed by atoms with Crippen LogP contribution in [0.3, 0.4) is 0 Å². The summed E-state index contributed by atoms with van der Waals surface area (Å²) in [5.74, 6) is -0.160. The summed E-state index contributed by atoms with van der Waals surface area (Å²) in [6, 6.07) is 14.2. The molecule has 0 aliphatic carbocycles. The molecule has 2 aromatic carbocycles. The molecule has 0 unspecified atom stereocenters. The summed E-state index contributed by atoms with van der Waals surface area (Å²) in [5.41, 5.74) is 3.08. The molecule has 0 saturated carbocycles. The second kappa shape index (κ2) is 7.28. The lowest BCUT2D eigenvalue weighted by molar-refractivity contribution is -0.119. The number of carbonyl (C=O) groups is 1. The molecule has 1 amide bonds. The third kappa shape index (κ3) is 5.41. The minimum atomic E-state index is -3.47. The Hall–Kier alpha value is -2.34. The maximum absolute atomic E-state index is 12.2. The Morgan fingerprint density at radius 3 is 2.35 bits per heavy atom. The van der Waals surface area contributed by atoms with E-state index in [1.54, 1.807) is 37.4 Å². The number of rotatable bonds is 6. The van der Waals surface area contributed by atoms with Crippen LogP contribution in [-0.2, 0) is 27.0 Å². The van der Waals surface area contributed by atoms with E-state index in [4.69, 9.17) is 0 Å². The molecule has 0 aliphatic rings. The topological polar surface area (TPSA) is 75.3 Å². The van der Waals surface area contributed by atoms with Crippen LogP contribution >= 0.6 is 0 Å². The maximum atomic E-state index is 12.2. The van der Waals surface area contributed by atoms with Crippen LogP contribution in [-0.4, -0.2) is 21.4 Å². The summed E-state index contributed by atoms with van der Waals surface area (Å²) < 4.78 is 27.0. The van der Waals surface area contributed by atoms with Crippen LogP contribution in [0.15, 0.2) is 48.5 Å². The predicted molar refractivity (Wildman–Crippen MR) is 91.6 cm³/mol. The van der Waals surface area contributed by atoms with Gasteiger partial charge in [-0.15, -0.1) is 0 Å². The van der Waals surface area contributed by atoms with Gasteiger partial charge in [0.05, 0.1) is 12.2 Å². The third-order valence-electron chi connectivity index (χ3n) is 3.31. The molecule has 6 heteroatoms. The molecular weight excluding hydrogens is 312 g/mol. The lowest BCUT2D eigenvalue weighted by Crippen LogP contribution is -2.20. The molecule has 0 spiro atoms. The van der Waals surface area contributed by atoms with Crippen LogP contribution in [0.2, 0.25) is 0 Å². The van der Waals surface area contributed by atoms with Crippen LogP contribution in [0.25, 0.3) is 0 Å². The van der Waals surface area contributed by atoms with Gasteiger partial charge in [-0.1, -0.05) is 42.0 Å². The van der Waals surface area contributed by atoms with Gasteiger partial charge in [-0.3, -0.25) is 9.52 Å². The Morgan fingerprint density at radius 1 is 1.04 bits per heavy atom. The number of sulfonamides is 1. The first-order valence-corrected chi connectivity index (χ1v) is 8.89. The van der Waals surface area contributed by atoms with Crippen molar-refractivity contribution in [2.75, 3.05) is 11.8 Å². The summed E-state index contributed by atoms with van der Waals surface area (Å²) in [6.07, 6.45) is 0.271. The number of carbonyl (C=O) groups excluding carboxylic acids is 1. The molecule has 0 aliphatic heterocycles. The first-order valence-electron chi connectivity index (χ1n) is 7.23. The molecule has 2 aromatic rings. The number of benzene rings is 2. The number of hydrogen-bond donors (Lipinski definition) is 2. The van der Waals surface area contributed by atoms with E-state index >= 15 is 0 Å². The van der Waals surface area contributed by atoms with Crippen molar-refractivity contribution in [2.24, 2.45) is 0 Å². The Balaban J connectivity index is 2.04. The molecule has 0 saturated heterocycles. The van der Waals surface area contributed by atoms with Gasteiger partial charge in [0, 0.05) is 12.7 Å². The van der Waals surface area contributed by atoms with Crippen molar-refractivity contribution in [3.8, 4) is 0 Å². The van der Waals surface area contributed by atoms with Gasteiger partial charge in [-0.05, 0) is 30.2 Å². The van der Waals surface area contributed by atoms with E-state index < -0.39 is 10.0 Å². The smallest absolute Gasteiger partial charge is 0.236 e. The van der Waals surface area contributed by atoms with E-state index in [2.05, 4.69) is 10.0 Å². The summed E-state index contributed by atoms with van der Waals surface area (Å²) in [7, 11) is -1.89. The van der Waals surface area contributed by atoms with Gasteiger partial charge in [0.15, 0.2) is 0 Å². The number of hydrogen-bond acceptors (Lipinski definition) is 3. The molecule has 23 heavy (non-hydrogen) atoms. The first kappa shape index (κ1) is 17.0. The zero-order chi connectivity index (χ0) is 16.9. The molecule has 0 bridgehead atoms. The van der Waals surface area contributed by atoms with Gasteiger partial charge in [-0.25, -0.2) is 8.42 Å². The first-order chi connectivity index (χ1) is 10.9. The van der Waals surface area contributed by atoms with Gasteiger partial charge in [0.25, 0.3) is 0 Å². The van der Waals surface area contributed by atoms with Gasteiger partial charge in [0.2, 0.25) is 15.9 Å². The summed E-state index contributed by atoms with van der Waals surface area (Å²) in [5, 5.41) is 2.55. The largest absolute Gasteiger partial charge is 0.359 e. The average molecular weight is 332 g/mol. The molecule has 0 heterocycles. The van der Waals surface area contributed by atoms with E-state index in [-0.39, 0.29) is 18.1 Å². The zero-order valence-corrected chi connectivity index (χ0v) is 14.0. The molecule has 0 radical (unpaired) electrons. The number of nitrogens with one attached hydrogen (secondary N) is 2. The van der Waals surface area contributed by atoms with Crippen LogP contribution in [0, 0.1) is 6.92 Å². The summed E-state index contributed by atoms with van der Waals surface area (Å²) >= 11 is 0. The quantitative estimate of drug-likeness (QED) is 0.852. The van der Waals surface area contributed by atoms with Crippen molar-refractivity contribution in [2.45, 2.75) is 19.1 Å². The second-order valence-electron chi connectivity index (χ2n) is 5.40. The highest BCUT2D eigenvalue weighted by Gasteiger charge is 2.12. The van der Waals surface area contributed by atoms with E-state index in [1.165, 1.54) is 0 Å². The molecule has 2 rings (SSSR count). The fourth-order valence-corrected chi connectivity index (χ4v) is 3.39. The van der Waals surface area contributed by atoms with E-state index in [1.807, 2.05) is 25.1 Å². The average Bonchev–Trinajstić information content (AvgIpc) is 2.48. The van der Waals surface area contributed by atoms with Crippen molar-refractivity contribution in [3.63, 3.8) is 0 Å². The van der Waals surface area contributed by atoms with Crippen LogP contribution < -0.4 is 10.0 Å². The monoisotopic (exact) mass is 332 g/mol. The predicted octanol–water partition coefficient (Wildman–Crippen LogP) is 2.23. The number of anilines is 1. The molecule has 0 aromatic heterocycles. The highest BCUT2D eigenvalue weighted by molar-refractivity contribution is 7.91. The summed E-state index contributed by atoms with van der Waals surface area (Å²) in [4.78, 5) is 11.3. The van der Waals surface area contributed by atoms with Crippen molar-refractivity contribution in [1.82, 2.24) is 5.32 Å². The summed E-state index contributed by atoms with van der Waals surface area (Å²) in [6.45, 7) is 1.93. The highest BCUT2D eigenvalue weighted by Crippen LogP contribution is 2.15. The molecular formula is C17H20N2O3S. The van der Waals surface area contributed by atoms with Gasteiger partial charge >= 0.3 is 0 Å². The van der Waals surface area contributed by atoms with Gasteiger partial charge < -0.3 is 5.32 Å². The van der Waals surface area contributed by atoms with E-state index in [0.29, 0.717) is 5.69 Å². The van der Waals surface area contributed by atoms with E-state index in [0.717, 1.165) is 16.7 Å². The Kier molecular flexibility index (Phi) is 5.39. The normalized spacial score (nSPS) is 11.0. The Bertz CT molecular complexity index is 784. The molecule has 0 atom stereocenters. The van der Waals surface area contributed by atoms with Crippen molar-refractivity contribution in [1.29, 1.82) is 0 Å². The molecule has 5 nitrogen and oxygen atoms in total. The lowest BCUT2D eigenvalue weighted by atomic mass is 10.1. The fourth-order valence-electron chi connectivity index (χ4n) is 2.20. The van der Waals surface area contributed by atoms with Crippen molar-refractivity contribution < 1.29 is 13.2 Å².